The molecule has 1 aromatic carbocycles. The molecular formula is C27H30N2O5S2. The highest BCUT2D eigenvalue weighted by Crippen LogP contribution is 2.33. The van der Waals surface area contributed by atoms with Crippen LogP contribution in [0.4, 0.5) is 0 Å². The molecule has 3 heterocycles. The summed E-state index contributed by atoms with van der Waals surface area (Å²) in [5, 5.41) is 1.93. The molecule has 2 aromatic heterocycles. The van der Waals surface area contributed by atoms with E-state index >= 15 is 0 Å². The predicted molar refractivity (Wildman–Crippen MR) is 142 cm³/mol. The molecule has 0 bridgehead atoms. The lowest BCUT2D eigenvalue weighted by molar-refractivity contribution is -0.140. The number of thiophene rings is 1. The lowest BCUT2D eigenvalue weighted by Gasteiger charge is -2.23. The Kier molecular flexibility index (Phi) is 8.90. The van der Waals surface area contributed by atoms with Crippen molar-refractivity contribution in [2.24, 2.45) is 4.99 Å². The van der Waals surface area contributed by atoms with Gasteiger partial charge in [0.05, 0.1) is 29.0 Å². The third-order valence-corrected chi connectivity index (χ3v) is 7.68. The third kappa shape index (κ3) is 5.86. The van der Waals surface area contributed by atoms with Gasteiger partial charge in [0.1, 0.15) is 18.4 Å². The molecule has 0 saturated heterocycles. The van der Waals surface area contributed by atoms with Crippen LogP contribution in [-0.2, 0) is 14.3 Å². The number of aromatic nitrogens is 1. The van der Waals surface area contributed by atoms with E-state index in [0.29, 0.717) is 33.8 Å². The van der Waals surface area contributed by atoms with Gasteiger partial charge in [0.15, 0.2) is 4.80 Å². The Labute approximate surface area is 218 Å². The number of fused-ring (bicyclic) bond motifs is 1. The topological polar surface area (TPSA) is 79.1 Å². The van der Waals surface area contributed by atoms with E-state index in [4.69, 9.17) is 14.2 Å². The van der Waals surface area contributed by atoms with Crippen molar-refractivity contribution in [3.05, 3.63) is 83.2 Å². The van der Waals surface area contributed by atoms with Gasteiger partial charge in [-0.3, -0.25) is 9.36 Å². The Morgan fingerprint density at radius 3 is 2.64 bits per heavy atom. The van der Waals surface area contributed by atoms with Gasteiger partial charge < -0.3 is 14.2 Å². The quantitative estimate of drug-likeness (QED) is 0.278. The molecule has 4 rings (SSSR count). The van der Waals surface area contributed by atoms with Gasteiger partial charge in [-0.1, -0.05) is 49.3 Å². The molecule has 0 aliphatic carbocycles. The maximum Gasteiger partial charge on any atom is 0.338 e. The van der Waals surface area contributed by atoms with Crippen LogP contribution < -0.4 is 19.6 Å². The van der Waals surface area contributed by atoms with E-state index in [1.165, 1.54) is 22.7 Å². The largest absolute Gasteiger partial charge is 0.494 e. The molecule has 9 heteroatoms. The second-order valence-corrected chi connectivity index (χ2v) is 10.3. The molecule has 0 N–H and O–H groups in total. The average molecular weight is 527 g/mol. The van der Waals surface area contributed by atoms with Gasteiger partial charge in [-0.05, 0) is 48.6 Å². The smallest absolute Gasteiger partial charge is 0.338 e. The number of carbonyl (C=O) groups excluding carboxylic acids is 1. The van der Waals surface area contributed by atoms with Crippen LogP contribution in [0.25, 0.3) is 6.08 Å². The molecule has 3 aromatic rings. The predicted octanol–water partition coefficient (Wildman–Crippen LogP) is 4.06. The molecule has 1 atom stereocenters. The molecule has 1 aliphatic heterocycles. The van der Waals surface area contributed by atoms with E-state index in [2.05, 4.69) is 11.9 Å². The third-order valence-electron chi connectivity index (χ3n) is 5.77. The molecule has 1 aliphatic rings. The van der Waals surface area contributed by atoms with E-state index in [9.17, 15) is 9.59 Å². The number of methoxy groups -OCH3 is 1. The summed E-state index contributed by atoms with van der Waals surface area (Å²) in [4.78, 5) is 32.7. The standard InChI is InChI=1S/C27H30N2O5S2/c1-4-5-6-13-33-20-11-9-19(10-12-20)17-22-25(30)29-24(21-8-7-16-35-21)23(18(2)28-27(29)36-22)26(31)34-15-14-32-3/h7-12,16-17,24H,4-6,13-15H2,1-3H3/b22-17+/t24-/m0/s1. The highest BCUT2D eigenvalue weighted by Gasteiger charge is 2.34. The number of carbonyl (C=O) groups is 1. The van der Waals surface area contributed by atoms with Gasteiger partial charge in [-0.15, -0.1) is 11.3 Å². The number of nitrogens with zero attached hydrogens (tertiary/aromatic N) is 2. The van der Waals surface area contributed by atoms with Crippen molar-refractivity contribution in [2.45, 2.75) is 39.2 Å². The molecule has 36 heavy (non-hydrogen) atoms. The molecule has 0 amide bonds. The fraction of sp³-hybridized carbons (Fsp3) is 0.370. The van der Waals surface area contributed by atoms with Crippen molar-refractivity contribution < 1.29 is 19.0 Å². The first kappa shape index (κ1) is 26.1. The fourth-order valence-corrected chi connectivity index (χ4v) is 5.82. The number of rotatable bonds is 11. The molecule has 0 radical (unpaired) electrons. The van der Waals surface area contributed by atoms with Gasteiger partial charge in [-0.25, -0.2) is 9.79 Å². The molecule has 7 nitrogen and oxygen atoms in total. The summed E-state index contributed by atoms with van der Waals surface area (Å²) in [6, 6.07) is 11.0. The van der Waals surface area contributed by atoms with Crippen molar-refractivity contribution in [1.82, 2.24) is 4.57 Å². The second kappa shape index (κ2) is 12.3. The molecule has 0 fully saturated rings. The Balaban J connectivity index is 1.67. The minimum atomic E-state index is -0.586. The highest BCUT2D eigenvalue weighted by atomic mass is 32.1. The van der Waals surface area contributed by atoms with Crippen LogP contribution >= 0.6 is 22.7 Å². The van der Waals surface area contributed by atoms with Crippen LogP contribution in [0.2, 0.25) is 0 Å². The maximum atomic E-state index is 13.6. The van der Waals surface area contributed by atoms with Gasteiger partial charge in [-0.2, -0.15) is 0 Å². The minimum Gasteiger partial charge on any atom is -0.494 e. The zero-order chi connectivity index (χ0) is 25.5. The summed E-state index contributed by atoms with van der Waals surface area (Å²) < 4.78 is 18.4. The number of hydrogen-bond donors (Lipinski definition) is 0. The van der Waals surface area contributed by atoms with Crippen molar-refractivity contribution in [3.63, 3.8) is 0 Å². The molecular weight excluding hydrogens is 496 g/mol. The van der Waals surface area contributed by atoms with Gasteiger partial charge >= 0.3 is 5.97 Å². The van der Waals surface area contributed by atoms with Crippen LogP contribution in [-0.4, -0.2) is 37.5 Å². The number of allylic oxidation sites excluding steroid dienone is 1. The van der Waals surface area contributed by atoms with Crippen molar-refractivity contribution in [3.8, 4) is 5.75 Å². The lowest BCUT2D eigenvalue weighted by atomic mass is 10.0. The summed E-state index contributed by atoms with van der Waals surface area (Å²) >= 11 is 2.81. The van der Waals surface area contributed by atoms with Gasteiger partial charge in [0.2, 0.25) is 0 Å². The second-order valence-electron chi connectivity index (χ2n) is 8.35. The number of hydrogen-bond acceptors (Lipinski definition) is 8. The zero-order valence-electron chi connectivity index (χ0n) is 20.7. The summed E-state index contributed by atoms with van der Waals surface area (Å²) in [6.45, 7) is 5.07. The van der Waals surface area contributed by atoms with Crippen LogP contribution in [0.15, 0.2) is 62.8 Å². The molecule has 190 valence electrons. The van der Waals surface area contributed by atoms with Crippen LogP contribution in [0.1, 0.15) is 49.6 Å². The minimum absolute atomic E-state index is 0.131. The van der Waals surface area contributed by atoms with Gasteiger partial charge in [0.25, 0.3) is 5.56 Å². The van der Waals surface area contributed by atoms with E-state index in [0.717, 1.165) is 35.5 Å². The highest BCUT2D eigenvalue weighted by molar-refractivity contribution is 7.10. The molecule has 0 spiro atoms. The SMILES string of the molecule is CCCCCOc1ccc(/C=c2/sc3n(c2=O)[C@@H](c2cccs2)C(C(=O)OCCOC)=C(C)N=3)cc1. The van der Waals surface area contributed by atoms with E-state index in [-0.39, 0.29) is 12.2 Å². The van der Waals surface area contributed by atoms with Crippen LogP contribution in [0.3, 0.4) is 0 Å². The number of esters is 1. The van der Waals surface area contributed by atoms with Crippen molar-refractivity contribution >= 4 is 34.7 Å². The Morgan fingerprint density at radius 2 is 1.94 bits per heavy atom. The van der Waals surface area contributed by atoms with Crippen LogP contribution in [0.5, 0.6) is 5.75 Å². The number of benzene rings is 1. The lowest BCUT2D eigenvalue weighted by Crippen LogP contribution is -2.39. The summed E-state index contributed by atoms with van der Waals surface area (Å²) in [5.74, 6) is 0.324. The number of thiazole rings is 1. The first-order valence-corrected chi connectivity index (χ1v) is 13.7. The summed E-state index contributed by atoms with van der Waals surface area (Å²) in [7, 11) is 1.55. The maximum absolute atomic E-state index is 13.6. The van der Waals surface area contributed by atoms with Gasteiger partial charge in [0, 0.05) is 12.0 Å². The Hall–Kier alpha value is -3.01. The normalized spacial score (nSPS) is 15.5. The van der Waals surface area contributed by atoms with Crippen LogP contribution in [0, 0.1) is 0 Å². The zero-order valence-corrected chi connectivity index (χ0v) is 22.3. The number of ether oxygens (including phenoxy) is 3. The Bertz CT molecular complexity index is 1390. The van der Waals surface area contributed by atoms with Crippen molar-refractivity contribution in [2.75, 3.05) is 26.9 Å². The summed E-state index contributed by atoms with van der Waals surface area (Å²) in [5.41, 5.74) is 1.63. The summed E-state index contributed by atoms with van der Waals surface area (Å²) in [6.07, 6.45) is 5.19. The van der Waals surface area contributed by atoms with E-state index in [1.807, 2.05) is 47.9 Å². The monoisotopic (exact) mass is 526 g/mol. The number of unbranched alkanes of at least 4 members (excludes halogenated alkanes) is 2. The van der Waals surface area contributed by atoms with E-state index in [1.54, 1.807) is 18.6 Å². The Morgan fingerprint density at radius 1 is 1.14 bits per heavy atom. The van der Waals surface area contributed by atoms with E-state index < -0.39 is 12.0 Å². The average Bonchev–Trinajstić information content (AvgIpc) is 3.51. The van der Waals surface area contributed by atoms with Crippen molar-refractivity contribution in [1.29, 1.82) is 0 Å². The molecule has 0 saturated carbocycles. The molecule has 0 unspecified atom stereocenters. The fourth-order valence-electron chi connectivity index (χ4n) is 3.95. The first-order valence-electron chi connectivity index (χ1n) is 12.0. The first-order chi connectivity index (χ1) is 17.5.